The number of hydrogen-bond donors (Lipinski definition) is 0. The van der Waals surface area contributed by atoms with Crippen LogP contribution in [0.5, 0.6) is 5.75 Å². The topological polar surface area (TPSA) is 48.4 Å². The molecule has 0 spiro atoms. The number of aromatic nitrogens is 1. The predicted octanol–water partition coefficient (Wildman–Crippen LogP) is 5.07. The average molecular weight is 305 g/mol. The second-order valence-electron chi connectivity index (χ2n) is 5.39. The first-order valence-electron chi connectivity index (χ1n) is 7.34. The molecule has 4 rings (SSSR count). The van der Waals surface area contributed by atoms with Gasteiger partial charge in [0.05, 0.1) is 18.9 Å². The van der Waals surface area contributed by atoms with Gasteiger partial charge in [-0.05, 0) is 61.0 Å². The van der Waals surface area contributed by atoms with E-state index in [0.29, 0.717) is 5.89 Å². The Morgan fingerprint density at radius 1 is 1.04 bits per heavy atom. The van der Waals surface area contributed by atoms with Crippen molar-refractivity contribution in [1.82, 2.24) is 4.98 Å². The highest BCUT2D eigenvalue weighted by molar-refractivity contribution is 5.90. The minimum Gasteiger partial charge on any atom is -0.497 e. The van der Waals surface area contributed by atoms with E-state index in [1.54, 1.807) is 13.4 Å². The van der Waals surface area contributed by atoms with Crippen molar-refractivity contribution in [3.63, 3.8) is 0 Å². The number of aryl methyl sites for hydroxylation is 1. The molecule has 2 heterocycles. The van der Waals surface area contributed by atoms with Gasteiger partial charge in [-0.2, -0.15) is 0 Å². The summed E-state index contributed by atoms with van der Waals surface area (Å²) in [6.07, 6.45) is 1.66. The van der Waals surface area contributed by atoms with Crippen LogP contribution >= 0.6 is 0 Å². The maximum Gasteiger partial charge on any atom is 0.227 e. The van der Waals surface area contributed by atoms with Gasteiger partial charge in [-0.3, -0.25) is 0 Å². The van der Waals surface area contributed by atoms with E-state index in [1.165, 1.54) is 0 Å². The lowest BCUT2D eigenvalue weighted by Crippen LogP contribution is -1.82. The third-order valence-electron chi connectivity index (χ3n) is 3.76. The lowest BCUT2D eigenvalue weighted by atomic mass is 10.1. The monoisotopic (exact) mass is 305 g/mol. The molecule has 0 bridgehead atoms. The normalized spacial score (nSPS) is 11.0. The Morgan fingerprint density at radius 2 is 1.87 bits per heavy atom. The van der Waals surface area contributed by atoms with Crippen LogP contribution in [-0.4, -0.2) is 12.1 Å². The van der Waals surface area contributed by atoms with E-state index in [2.05, 4.69) is 4.98 Å². The summed E-state index contributed by atoms with van der Waals surface area (Å²) < 4.78 is 16.7. The van der Waals surface area contributed by atoms with Crippen LogP contribution in [0.25, 0.3) is 33.9 Å². The quantitative estimate of drug-likeness (QED) is 0.530. The number of nitrogens with zero attached hydrogens (tertiary/aromatic N) is 1. The number of fused-ring (bicyclic) bond motifs is 1. The van der Waals surface area contributed by atoms with E-state index >= 15 is 0 Å². The van der Waals surface area contributed by atoms with Gasteiger partial charge < -0.3 is 13.6 Å². The molecule has 2 aromatic carbocycles. The minimum atomic E-state index is 0.584. The molecular weight excluding hydrogens is 290 g/mol. The van der Waals surface area contributed by atoms with Crippen LogP contribution in [0.3, 0.4) is 0 Å². The van der Waals surface area contributed by atoms with Gasteiger partial charge in [-0.25, -0.2) is 4.98 Å². The molecule has 0 aliphatic heterocycles. The van der Waals surface area contributed by atoms with Crippen molar-refractivity contribution in [3.8, 4) is 28.5 Å². The van der Waals surface area contributed by atoms with E-state index in [4.69, 9.17) is 13.6 Å². The number of methoxy groups -OCH3 is 1. The van der Waals surface area contributed by atoms with Crippen molar-refractivity contribution >= 4 is 11.1 Å². The average Bonchev–Trinajstić information content (AvgIpc) is 3.23. The van der Waals surface area contributed by atoms with E-state index in [9.17, 15) is 0 Å². The number of oxazole rings is 1. The van der Waals surface area contributed by atoms with Gasteiger partial charge in [0.1, 0.15) is 17.0 Å². The lowest BCUT2D eigenvalue weighted by molar-refractivity contribution is 0.415. The molecule has 0 saturated carbocycles. The second kappa shape index (κ2) is 5.32. The molecule has 23 heavy (non-hydrogen) atoms. The standard InChI is InChI=1S/C19H15NO3/c1-12-10-15(17-4-3-9-22-17)18-16(11-12)20-19(23-18)13-5-7-14(21-2)8-6-13/h3-11H,1-2H3. The number of ether oxygens (including phenoxy) is 1. The molecule has 4 aromatic rings. The Balaban J connectivity index is 1.88. The Labute approximate surface area is 133 Å². The van der Waals surface area contributed by atoms with E-state index in [1.807, 2.05) is 55.5 Å². The predicted molar refractivity (Wildman–Crippen MR) is 88.4 cm³/mol. The van der Waals surface area contributed by atoms with Gasteiger partial charge in [0.15, 0.2) is 5.58 Å². The zero-order chi connectivity index (χ0) is 15.8. The zero-order valence-corrected chi connectivity index (χ0v) is 12.9. The van der Waals surface area contributed by atoms with Crippen LogP contribution in [0.2, 0.25) is 0 Å². The maximum atomic E-state index is 6.03. The highest BCUT2D eigenvalue weighted by atomic mass is 16.5. The molecule has 114 valence electrons. The van der Waals surface area contributed by atoms with Crippen LogP contribution in [0.1, 0.15) is 5.56 Å². The third kappa shape index (κ3) is 2.38. The van der Waals surface area contributed by atoms with Gasteiger partial charge in [0.25, 0.3) is 0 Å². The number of rotatable bonds is 3. The van der Waals surface area contributed by atoms with Crippen molar-refractivity contribution in [2.75, 3.05) is 7.11 Å². The SMILES string of the molecule is COc1ccc(-c2nc3cc(C)cc(-c4ccco4)c3o2)cc1. The molecule has 4 heteroatoms. The summed E-state index contributed by atoms with van der Waals surface area (Å²) in [4.78, 5) is 4.62. The molecule has 0 amide bonds. The fraction of sp³-hybridized carbons (Fsp3) is 0.105. The first-order chi connectivity index (χ1) is 11.2. The Bertz CT molecular complexity index is 950. The van der Waals surface area contributed by atoms with Crippen molar-refractivity contribution in [2.24, 2.45) is 0 Å². The highest BCUT2D eigenvalue weighted by Crippen LogP contribution is 2.34. The third-order valence-corrected chi connectivity index (χ3v) is 3.76. The molecule has 0 aliphatic carbocycles. The molecule has 0 N–H and O–H groups in total. The molecule has 4 nitrogen and oxygen atoms in total. The smallest absolute Gasteiger partial charge is 0.227 e. The number of furan rings is 1. The van der Waals surface area contributed by atoms with Gasteiger partial charge in [0, 0.05) is 5.56 Å². The fourth-order valence-corrected chi connectivity index (χ4v) is 2.65. The first kappa shape index (κ1) is 13.6. The van der Waals surface area contributed by atoms with Crippen molar-refractivity contribution in [1.29, 1.82) is 0 Å². The Hall–Kier alpha value is -3.01. The Morgan fingerprint density at radius 3 is 2.57 bits per heavy atom. The summed E-state index contributed by atoms with van der Waals surface area (Å²) >= 11 is 0. The highest BCUT2D eigenvalue weighted by Gasteiger charge is 2.15. The molecule has 0 fully saturated rings. The minimum absolute atomic E-state index is 0.584. The van der Waals surface area contributed by atoms with Crippen LogP contribution < -0.4 is 4.74 Å². The first-order valence-corrected chi connectivity index (χ1v) is 7.34. The summed E-state index contributed by atoms with van der Waals surface area (Å²) in [5.74, 6) is 2.16. The lowest BCUT2D eigenvalue weighted by Gasteiger charge is -2.00. The van der Waals surface area contributed by atoms with E-state index in [0.717, 1.165) is 39.3 Å². The van der Waals surface area contributed by atoms with E-state index < -0.39 is 0 Å². The van der Waals surface area contributed by atoms with Crippen molar-refractivity contribution < 1.29 is 13.6 Å². The van der Waals surface area contributed by atoms with Crippen LogP contribution in [0.4, 0.5) is 0 Å². The van der Waals surface area contributed by atoms with Gasteiger partial charge >= 0.3 is 0 Å². The fourth-order valence-electron chi connectivity index (χ4n) is 2.65. The maximum absolute atomic E-state index is 6.03. The zero-order valence-electron chi connectivity index (χ0n) is 12.9. The molecule has 0 unspecified atom stereocenters. The summed E-state index contributed by atoms with van der Waals surface area (Å²) in [5.41, 5.74) is 4.49. The van der Waals surface area contributed by atoms with Gasteiger partial charge in [0.2, 0.25) is 5.89 Å². The molecule has 0 saturated heterocycles. The number of hydrogen-bond acceptors (Lipinski definition) is 4. The van der Waals surface area contributed by atoms with Crippen molar-refractivity contribution in [3.05, 3.63) is 60.4 Å². The van der Waals surface area contributed by atoms with Crippen LogP contribution in [0.15, 0.2) is 63.6 Å². The molecule has 0 atom stereocenters. The summed E-state index contributed by atoms with van der Waals surface area (Å²) in [7, 11) is 1.65. The van der Waals surface area contributed by atoms with Crippen molar-refractivity contribution in [2.45, 2.75) is 6.92 Å². The molecule has 2 aromatic heterocycles. The Kier molecular flexibility index (Phi) is 3.15. The van der Waals surface area contributed by atoms with Gasteiger partial charge in [-0.15, -0.1) is 0 Å². The molecule has 0 radical (unpaired) electrons. The summed E-state index contributed by atoms with van der Waals surface area (Å²) in [6, 6.07) is 15.5. The van der Waals surface area contributed by atoms with Crippen LogP contribution in [0, 0.1) is 6.92 Å². The largest absolute Gasteiger partial charge is 0.497 e. The molecular formula is C19H15NO3. The van der Waals surface area contributed by atoms with Gasteiger partial charge in [-0.1, -0.05) is 0 Å². The second-order valence-corrected chi connectivity index (χ2v) is 5.39. The number of benzene rings is 2. The summed E-state index contributed by atoms with van der Waals surface area (Å²) in [5, 5.41) is 0. The molecule has 0 aliphatic rings. The van der Waals surface area contributed by atoms with E-state index in [-0.39, 0.29) is 0 Å². The summed E-state index contributed by atoms with van der Waals surface area (Å²) in [6.45, 7) is 2.04. The van der Waals surface area contributed by atoms with Crippen LogP contribution in [-0.2, 0) is 0 Å².